The van der Waals surface area contributed by atoms with Crippen LogP contribution in [0.3, 0.4) is 0 Å². The number of nitriles is 1. The van der Waals surface area contributed by atoms with Crippen molar-refractivity contribution in [1.82, 2.24) is 0 Å². The van der Waals surface area contributed by atoms with Crippen molar-refractivity contribution >= 4 is 17.3 Å². The van der Waals surface area contributed by atoms with Gasteiger partial charge in [-0.2, -0.15) is 5.26 Å². The number of carbonyl (C=O) groups is 1. The van der Waals surface area contributed by atoms with Crippen molar-refractivity contribution in [2.75, 3.05) is 11.4 Å². The van der Waals surface area contributed by atoms with E-state index < -0.39 is 5.97 Å². The first-order chi connectivity index (χ1) is 9.72. The van der Waals surface area contributed by atoms with Crippen molar-refractivity contribution in [2.45, 2.75) is 6.42 Å². The van der Waals surface area contributed by atoms with E-state index in [0.29, 0.717) is 13.0 Å². The molecule has 4 nitrogen and oxygen atoms in total. The van der Waals surface area contributed by atoms with Gasteiger partial charge in [-0.3, -0.25) is 0 Å². The van der Waals surface area contributed by atoms with E-state index in [0.717, 1.165) is 11.4 Å². The molecule has 0 aliphatic heterocycles. The highest BCUT2D eigenvalue weighted by atomic mass is 16.4. The molecule has 0 heterocycles. The van der Waals surface area contributed by atoms with Gasteiger partial charge in [-0.05, 0) is 36.4 Å². The lowest BCUT2D eigenvalue weighted by Gasteiger charge is -2.24. The van der Waals surface area contributed by atoms with E-state index in [9.17, 15) is 4.79 Å². The molecule has 20 heavy (non-hydrogen) atoms. The van der Waals surface area contributed by atoms with Gasteiger partial charge < -0.3 is 10.0 Å². The van der Waals surface area contributed by atoms with Crippen LogP contribution in [-0.2, 0) is 0 Å². The monoisotopic (exact) mass is 266 g/mol. The van der Waals surface area contributed by atoms with Gasteiger partial charge in [0.25, 0.3) is 0 Å². The van der Waals surface area contributed by atoms with Crippen LogP contribution < -0.4 is 4.90 Å². The molecule has 0 fully saturated rings. The summed E-state index contributed by atoms with van der Waals surface area (Å²) in [6.07, 6.45) is 0.398. The first-order valence-electron chi connectivity index (χ1n) is 6.25. The number of carboxylic acid groups (broad SMARTS) is 1. The third-order valence-electron chi connectivity index (χ3n) is 2.94. The number of anilines is 2. The average Bonchev–Trinajstić information content (AvgIpc) is 2.49. The number of aromatic carboxylic acids is 1. The SMILES string of the molecule is N#CCCN(c1ccccc1)c1ccc(C(=O)O)cc1. The zero-order valence-electron chi connectivity index (χ0n) is 10.9. The Labute approximate surface area is 117 Å². The first-order valence-corrected chi connectivity index (χ1v) is 6.25. The maximum Gasteiger partial charge on any atom is 0.335 e. The molecule has 0 amide bonds. The van der Waals surface area contributed by atoms with Crippen LogP contribution in [0.4, 0.5) is 11.4 Å². The minimum absolute atomic E-state index is 0.252. The van der Waals surface area contributed by atoms with Crippen LogP contribution in [0.5, 0.6) is 0 Å². The van der Waals surface area contributed by atoms with Gasteiger partial charge in [-0.15, -0.1) is 0 Å². The van der Waals surface area contributed by atoms with Crippen LogP contribution >= 0.6 is 0 Å². The van der Waals surface area contributed by atoms with Crippen LogP contribution in [0, 0.1) is 11.3 Å². The third-order valence-corrected chi connectivity index (χ3v) is 2.94. The van der Waals surface area contributed by atoms with Crippen LogP contribution in [0.15, 0.2) is 54.6 Å². The van der Waals surface area contributed by atoms with Crippen molar-refractivity contribution < 1.29 is 9.90 Å². The van der Waals surface area contributed by atoms with Crippen LogP contribution in [-0.4, -0.2) is 17.6 Å². The quantitative estimate of drug-likeness (QED) is 0.900. The normalized spacial score (nSPS) is 9.75. The summed E-state index contributed by atoms with van der Waals surface area (Å²) in [4.78, 5) is 12.9. The van der Waals surface area contributed by atoms with Gasteiger partial charge in [0.2, 0.25) is 0 Å². The fourth-order valence-electron chi connectivity index (χ4n) is 1.96. The Morgan fingerprint density at radius 1 is 1.05 bits per heavy atom. The molecule has 0 radical (unpaired) electrons. The van der Waals surface area contributed by atoms with E-state index in [1.165, 1.54) is 0 Å². The van der Waals surface area contributed by atoms with Crippen molar-refractivity contribution in [3.8, 4) is 6.07 Å². The second-order valence-corrected chi connectivity index (χ2v) is 4.25. The predicted octanol–water partition coefficient (Wildman–Crippen LogP) is 3.44. The molecule has 2 rings (SSSR count). The van der Waals surface area contributed by atoms with Gasteiger partial charge in [0.05, 0.1) is 18.1 Å². The van der Waals surface area contributed by atoms with E-state index >= 15 is 0 Å². The first kappa shape index (κ1) is 13.6. The molecule has 100 valence electrons. The Balaban J connectivity index is 2.31. The molecule has 2 aromatic carbocycles. The molecule has 4 heteroatoms. The summed E-state index contributed by atoms with van der Waals surface area (Å²) in [7, 11) is 0. The lowest BCUT2D eigenvalue weighted by atomic mass is 10.1. The van der Waals surface area contributed by atoms with E-state index in [-0.39, 0.29) is 5.56 Å². The van der Waals surface area contributed by atoms with Gasteiger partial charge in [0.1, 0.15) is 0 Å². The summed E-state index contributed by atoms with van der Waals surface area (Å²) in [5.74, 6) is -0.945. The Kier molecular flexibility index (Phi) is 4.35. The second-order valence-electron chi connectivity index (χ2n) is 4.25. The predicted molar refractivity (Wildman–Crippen MR) is 77.1 cm³/mol. The molecular weight excluding hydrogens is 252 g/mol. The van der Waals surface area contributed by atoms with Crippen molar-refractivity contribution in [3.63, 3.8) is 0 Å². The number of hydrogen-bond donors (Lipinski definition) is 1. The Bertz CT molecular complexity index is 615. The summed E-state index contributed by atoms with van der Waals surface area (Å²) < 4.78 is 0. The molecule has 0 aliphatic carbocycles. The topological polar surface area (TPSA) is 64.3 Å². The fraction of sp³-hybridized carbons (Fsp3) is 0.125. The molecule has 0 atom stereocenters. The molecule has 0 aliphatic rings. The van der Waals surface area contributed by atoms with Crippen LogP contribution in [0.25, 0.3) is 0 Å². The van der Waals surface area contributed by atoms with Crippen LogP contribution in [0.1, 0.15) is 16.8 Å². The van der Waals surface area contributed by atoms with Crippen molar-refractivity contribution in [1.29, 1.82) is 5.26 Å². The summed E-state index contributed by atoms with van der Waals surface area (Å²) >= 11 is 0. The van der Waals surface area contributed by atoms with Gasteiger partial charge in [-0.25, -0.2) is 4.79 Å². The molecule has 1 N–H and O–H groups in total. The molecule has 0 bridgehead atoms. The van der Waals surface area contributed by atoms with Crippen molar-refractivity contribution in [3.05, 3.63) is 60.2 Å². The second kappa shape index (κ2) is 6.39. The largest absolute Gasteiger partial charge is 0.478 e. The lowest BCUT2D eigenvalue weighted by molar-refractivity contribution is 0.0697. The molecule has 2 aromatic rings. The zero-order chi connectivity index (χ0) is 14.4. The van der Waals surface area contributed by atoms with Gasteiger partial charge in [-0.1, -0.05) is 18.2 Å². The summed E-state index contributed by atoms with van der Waals surface area (Å²) in [6.45, 7) is 0.562. The molecule has 0 saturated heterocycles. The number of benzene rings is 2. The smallest absolute Gasteiger partial charge is 0.335 e. The molecule has 0 aromatic heterocycles. The highest BCUT2D eigenvalue weighted by molar-refractivity contribution is 5.88. The van der Waals surface area contributed by atoms with Gasteiger partial charge in [0, 0.05) is 17.9 Å². The van der Waals surface area contributed by atoms with E-state index in [1.54, 1.807) is 24.3 Å². The summed E-state index contributed by atoms with van der Waals surface area (Å²) in [6, 6.07) is 18.5. The molecular formula is C16H14N2O2. The fourth-order valence-corrected chi connectivity index (χ4v) is 1.96. The van der Waals surface area contributed by atoms with E-state index in [4.69, 9.17) is 10.4 Å². The minimum Gasteiger partial charge on any atom is -0.478 e. The lowest BCUT2D eigenvalue weighted by Crippen LogP contribution is -2.18. The van der Waals surface area contributed by atoms with Gasteiger partial charge >= 0.3 is 5.97 Å². The Morgan fingerprint density at radius 3 is 2.20 bits per heavy atom. The molecule has 0 saturated carbocycles. The Hall–Kier alpha value is -2.80. The van der Waals surface area contributed by atoms with Crippen molar-refractivity contribution in [2.24, 2.45) is 0 Å². The number of carboxylic acids is 1. The summed E-state index contributed by atoms with van der Waals surface area (Å²) in [5.41, 5.74) is 2.10. The van der Waals surface area contributed by atoms with Gasteiger partial charge in [0.15, 0.2) is 0 Å². The highest BCUT2D eigenvalue weighted by Gasteiger charge is 2.10. The standard InChI is InChI=1S/C16H14N2O2/c17-11-4-12-18(14-5-2-1-3-6-14)15-9-7-13(8-10-15)16(19)20/h1-3,5-10H,4,12H2,(H,19,20). The minimum atomic E-state index is -0.945. The maximum atomic E-state index is 10.9. The average molecular weight is 266 g/mol. The molecule has 0 unspecified atom stereocenters. The Morgan fingerprint density at radius 2 is 1.65 bits per heavy atom. The summed E-state index contributed by atoms with van der Waals surface area (Å²) in [5, 5.41) is 17.7. The zero-order valence-corrected chi connectivity index (χ0v) is 10.9. The van der Waals surface area contributed by atoms with E-state index in [2.05, 4.69) is 6.07 Å². The maximum absolute atomic E-state index is 10.9. The number of rotatable bonds is 5. The number of hydrogen-bond acceptors (Lipinski definition) is 3. The number of nitrogens with zero attached hydrogens (tertiary/aromatic N) is 2. The highest BCUT2D eigenvalue weighted by Crippen LogP contribution is 2.25. The van der Waals surface area contributed by atoms with Crippen LogP contribution in [0.2, 0.25) is 0 Å². The number of para-hydroxylation sites is 1. The van der Waals surface area contributed by atoms with E-state index in [1.807, 2.05) is 35.2 Å². The molecule has 0 spiro atoms. The third kappa shape index (κ3) is 3.15.